The Hall–Kier alpha value is -2.60. The van der Waals surface area contributed by atoms with Crippen LogP contribution < -0.4 is 4.74 Å². The fraction of sp³-hybridized carbons (Fsp3) is 0.458. The maximum Gasteiger partial charge on any atom is 0.222 e. The number of ether oxygens (including phenoxy) is 1. The van der Waals surface area contributed by atoms with Crippen LogP contribution in [0.1, 0.15) is 30.4 Å². The number of methoxy groups -OCH3 is 1. The van der Waals surface area contributed by atoms with Crippen molar-refractivity contribution < 1.29 is 19.0 Å². The number of nitrogens with zero attached hydrogens (tertiary/aromatic N) is 2. The van der Waals surface area contributed by atoms with E-state index in [0.29, 0.717) is 37.4 Å². The van der Waals surface area contributed by atoms with Gasteiger partial charge >= 0.3 is 0 Å². The van der Waals surface area contributed by atoms with E-state index in [1.165, 1.54) is 6.07 Å². The van der Waals surface area contributed by atoms with Crippen molar-refractivity contribution in [3.05, 3.63) is 59.4 Å². The second kappa shape index (κ2) is 9.04. The fourth-order valence-electron chi connectivity index (χ4n) is 4.86. The molecule has 2 aromatic carbocycles. The lowest BCUT2D eigenvalue weighted by Gasteiger charge is -2.47. The smallest absolute Gasteiger partial charge is 0.222 e. The maximum atomic E-state index is 14.0. The summed E-state index contributed by atoms with van der Waals surface area (Å²) >= 11 is 0. The third kappa shape index (κ3) is 4.43. The number of likely N-dealkylation sites (tertiary alicyclic amines) is 2. The van der Waals surface area contributed by atoms with E-state index in [9.17, 15) is 14.3 Å². The lowest BCUT2D eigenvalue weighted by Crippen LogP contribution is -2.56. The molecule has 6 heteroatoms. The van der Waals surface area contributed by atoms with Crippen molar-refractivity contribution in [2.45, 2.75) is 38.3 Å². The summed E-state index contributed by atoms with van der Waals surface area (Å²) < 4.78 is 19.3. The quantitative estimate of drug-likeness (QED) is 0.788. The molecule has 4 rings (SSSR count). The first-order chi connectivity index (χ1) is 14.5. The van der Waals surface area contributed by atoms with Crippen LogP contribution in [0, 0.1) is 11.7 Å². The van der Waals surface area contributed by atoms with Gasteiger partial charge < -0.3 is 14.7 Å². The number of fused-ring (bicyclic) bond motifs is 1. The van der Waals surface area contributed by atoms with Gasteiger partial charge in [-0.05, 0) is 55.0 Å². The van der Waals surface area contributed by atoms with Gasteiger partial charge in [0.2, 0.25) is 5.91 Å². The van der Waals surface area contributed by atoms with Gasteiger partial charge in [0.25, 0.3) is 0 Å². The molecular formula is C24H29FN2O3. The average molecular weight is 413 g/mol. The van der Waals surface area contributed by atoms with Crippen molar-refractivity contribution >= 4 is 5.91 Å². The number of hydrogen-bond donors (Lipinski definition) is 1. The Kier molecular flexibility index (Phi) is 6.23. The van der Waals surface area contributed by atoms with Crippen LogP contribution in [0.3, 0.4) is 0 Å². The summed E-state index contributed by atoms with van der Waals surface area (Å²) in [4.78, 5) is 16.9. The second-order valence-electron chi connectivity index (χ2n) is 8.31. The fourth-order valence-corrected chi connectivity index (χ4v) is 4.86. The molecule has 2 saturated heterocycles. The number of rotatable bonds is 6. The summed E-state index contributed by atoms with van der Waals surface area (Å²) in [5, 5.41) is 10.2. The standard InChI is InChI=1S/C24H29FN2O3/c1-30-20-7-8-23(28)19(14-20)16-26-12-11-22-18(15-26)6-9-24(29)27(22)13-10-17-4-2-3-5-21(17)25/h2-5,7-8,14,18,22,28H,6,9-13,15-16H2,1H3/t18-,22+/m1/s1. The van der Waals surface area contributed by atoms with E-state index < -0.39 is 0 Å². The third-order valence-electron chi connectivity index (χ3n) is 6.49. The Balaban J connectivity index is 1.40. The average Bonchev–Trinajstić information content (AvgIpc) is 2.76. The van der Waals surface area contributed by atoms with Crippen LogP contribution in [-0.2, 0) is 17.8 Å². The number of carbonyl (C=O) groups excluding carboxylic acids is 1. The predicted molar refractivity (Wildman–Crippen MR) is 113 cm³/mol. The molecule has 0 unspecified atom stereocenters. The molecule has 2 fully saturated rings. The van der Waals surface area contributed by atoms with Crippen molar-refractivity contribution in [2.75, 3.05) is 26.7 Å². The number of carbonyl (C=O) groups is 1. The van der Waals surface area contributed by atoms with Crippen molar-refractivity contribution in [3.63, 3.8) is 0 Å². The number of amides is 1. The first kappa shape index (κ1) is 20.7. The molecule has 0 radical (unpaired) electrons. The van der Waals surface area contributed by atoms with Crippen LogP contribution in [-0.4, -0.2) is 53.6 Å². The van der Waals surface area contributed by atoms with Gasteiger partial charge in [0.1, 0.15) is 17.3 Å². The maximum absolute atomic E-state index is 14.0. The zero-order chi connectivity index (χ0) is 21.1. The molecule has 2 heterocycles. The Morgan fingerprint density at radius 1 is 1.17 bits per heavy atom. The molecular weight excluding hydrogens is 383 g/mol. The van der Waals surface area contributed by atoms with Gasteiger partial charge in [-0.3, -0.25) is 9.69 Å². The molecule has 0 saturated carbocycles. The number of phenolic OH excluding ortho intramolecular Hbond substituents is 1. The largest absolute Gasteiger partial charge is 0.508 e. The highest BCUT2D eigenvalue weighted by Gasteiger charge is 2.39. The van der Waals surface area contributed by atoms with Crippen LogP contribution in [0.25, 0.3) is 0 Å². The molecule has 0 aliphatic carbocycles. The van der Waals surface area contributed by atoms with Gasteiger partial charge in [0.05, 0.1) is 7.11 Å². The molecule has 2 aromatic rings. The Morgan fingerprint density at radius 2 is 2.00 bits per heavy atom. The number of phenols is 1. The lowest BCUT2D eigenvalue weighted by molar-refractivity contribution is -0.141. The number of piperidine rings is 2. The number of halogens is 1. The molecule has 2 aliphatic rings. The monoisotopic (exact) mass is 412 g/mol. The topological polar surface area (TPSA) is 53.0 Å². The van der Waals surface area contributed by atoms with E-state index in [2.05, 4.69) is 4.90 Å². The highest BCUT2D eigenvalue weighted by atomic mass is 19.1. The molecule has 0 bridgehead atoms. The van der Waals surface area contributed by atoms with Crippen molar-refractivity contribution in [2.24, 2.45) is 5.92 Å². The highest BCUT2D eigenvalue weighted by Crippen LogP contribution is 2.33. The summed E-state index contributed by atoms with van der Waals surface area (Å²) in [6.07, 6.45) is 2.89. The van der Waals surface area contributed by atoms with Gasteiger partial charge in [0, 0.05) is 44.2 Å². The van der Waals surface area contributed by atoms with E-state index in [1.54, 1.807) is 31.4 Å². The number of hydrogen-bond acceptors (Lipinski definition) is 4. The number of aromatic hydroxyl groups is 1. The van der Waals surface area contributed by atoms with E-state index in [1.807, 2.05) is 17.0 Å². The van der Waals surface area contributed by atoms with Crippen LogP contribution in [0.4, 0.5) is 4.39 Å². The van der Waals surface area contributed by atoms with Gasteiger partial charge in [-0.25, -0.2) is 4.39 Å². The van der Waals surface area contributed by atoms with Gasteiger partial charge in [-0.1, -0.05) is 18.2 Å². The van der Waals surface area contributed by atoms with Crippen molar-refractivity contribution in [1.29, 1.82) is 0 Å². The van der Waals surface area contributed by atoms with Crippen LogP contribution in [0.2, 0.25) is 0 Å². The Morgan fingerprint density at radius 3 is 2.80 bits per heavy atom. The van der Waals surface area contributed by atoms with Crippen LogP contribution in [0.5, 0.6) is 11.5 Å². The summed E-state index contributed by atoms with van der Waals surface area (Å²) in [6.45, 7) is 2.99. The predicted octanol–water partition coefficient (Wildman–Crippen LogP) is 3.60. The Bertz CT molecular complexity index is 904. The minimum absolute atomic E-state index is 0.187. The zero-order valence-corrected chi connectivity index (χ0v) is 17.4. The molecule has 1 N–H and O–H groups in total. The zero-order valence-electron chi connectivity index (χ0n) is 17.4. The summed E-state index contributed by atoms with van der Waals surface area (Å²) in [5.74, 6) is 1.41. The van der Waals surface area contributed by atoms with E-state index >= 15 is 0 Å². The SMILES string of the molecule is COc1ccc(O)c(CN2CC[C@H]3[C@H](CCC(=O)N3CCc3ccccc3F)C2)c1. The molecule has 30 heavy (non-hydrogen) atoms. The molecule has 5 nitrogen and oxygen atoms in total. The van der Waals surface area contributed by atoms with E-state index in [-0.39, 0.29) is 23.5 Å². The summed E-state index contributed by atoms with van der Waals surface area (Å²) in [5.41, 5.74) is 1.52. The summed E-state index contributed by atoms with van der Waals surface area (Å²) in [7, 11) is 1.62. The minimum atomic E-state index is -0.202. The van der Waals surface area contributed by atoms with Crippen LogP contribution in [0.15, 0.2) is 42.5 Å². The van der Waals surface area contributed by atoms with Gasteiger partial charge in [-0.15, -0.1) is 0 Å². The Labute approximate surface area is 177 Å². The first-order valence-electron chi connectivity index (χ1n) is 10.7. The van der Waals surface area contributed by atoms with Crippen LogP contribution >= 0.6 is 0 Å². The molecule has 2 atom stereocenters. The van der Waals surface area contributed by atoms with Gasteiger partial charge in [-0.2, -0.15) is 0 Å². The van der Waals surface area contributed by atoms with Crippen molar-refractivity contribution in [1.82, 2.24) is 9.80 Å². The van der Waals surface area contributed by atoms with E-state index in [4.69, 9.17) is 4.74 Å². The molecule has 160 valence electrons. The number of benzene rings is 2. The minimum Gasteiger partial charge on any atom is -0.508 e. The molecule has 2 aliphatic heterocycles. The first-order valence-corrected chi connectivity index (χ1v) is 10.7. The van der Waals surface area contributed by atoms with E-state index in [0.717, 1.165) is 37.2 Å². The highest BCUT2D eigenvalue weighted by molar-refractivity contribution is 5.77. The van der Waals surface area contributed by atoms with Gasteiger partial charge in [0.15, 0.2) is 0 Å². The molecule has 1 amide bonds. The lowest BCUT2D eigenvalue weighted by atomic mass is 9.83. The van der Waals surface area contributed by atoms with Crippen molar-refractivity contribution in [3.8, 4) is 11.5 Å². The molecule has 0 aromatic heterocycles. The molecule has 0 spiro atoms. The second-order valence-corrected chi connectivity index (χ2v) is 8.31. The normalized spacial score (nSPS) is 22.1. The third-order valence-corrected chi connectivity index (χ3v) is 6.49. The summed E-state index contributed by atoms with van der Waals surface area (Å²) in [6, 6.07) is 12.3.